The number of nitrogens with one attached hydrogen (secondary N) is 2. The first-order chi connectivity index (χ1) is 19.7. The van der Waals surface area contributed by atoms with Crippen molar-refractivity contribution in [2.75, 3.05) is 12.9 Å². The minimum absolute atomic E-state index is 0.0346. The van der Waals surface area contributed by atoms with Gasteiger partial charge >= 0.3 is 12.1 Å². The molecule has 2 aromatic carbocycles. The molecule has 3 N–H and O–H groups in total. The molecule has 1 aliphatic carbocycles. The molecule has 2 unspecified atom stereocenters. The van der Waals surface area contributed by atoms with Crippen molar-refractivity contribution in [2.24, 2.45) is 11.8 Å². The van der Waals surface area contributed by atoms with Gasteiger partial charge in [0, 0.05) is 40.5 Å². The van der Waals surface area contributed by atoms with Crippen molar-refractivity contribution in [3.05, 3.63) is 71.4 Å². The number of thiol groups is 1. The maximum absolute atomic E-state index is 13.2. The molecule has 41 heavy (non-hydrogen) atoms. The lowest BCUT2D eigenvalue weighted by molar-refractivity contribution is -0.125. The summed E-state index contributed by atoms with van der Waals surface area (Å²) < 4.78 is 3.77. The first-order valence-electron chi connectivity index (χ1n) is 14.0. The van der Waals surface area contributed by atoms with E-state index in [1.165, 1.54) is 56.8 Å². The Hall–Kier alpha value is -3.63. The maximum Gasteiger partial charge on any atom is 0.549 e. The van der Waals surface area contributed by atoms with E-state index in [1.54, 1.807) is 12.1 Å². The van der Waals surface area contributed by atoms with Crippen LogP contribution in [0.15, 0.2) is 54.7 Å². The number of rotatable bonds is 9. The van der Waals surface area contributed by atoms with Gasteiger partial charge in [-0.1, -0.05) is 48.8 Å². The van der Waals surface area contributed by atoms with Crippen LogP contribution in [0.25, 0.3) is 5.57 Å². The number of ether oxygens (including phenoxy) is 1. The lowest BCUT2D eigenvalue weighted by atomic mass is 9.83. The molecule has 0 radical (unpaired) electrons. The Labute approximate surface area is 245 Å². The molecule has 1 saturated carbocycles. The number of carbonyl (C=O) groups is 4. The Balaban J connectivity index is 1.51. The minimum Gasteiger partial charge on any atom is -0.465 e. The predicted molar refractivity (Wildman–Crippen MR) is 160 cm³/mol. The van der Waals surface area contributed by atoms with Crippen LogP contribution in [0, 0.1) is 11.8 Å². The van der Waals surface area contributed by atoms with Crippen molar-refractivity contribution in [3.8, 4) is 0 Å². The summed E-state index contributed by atoms with van der Waals surface area (Å²) in [5.41, 5.74) is 4.89. The van der Waals surface area contributed by atoms with E-state index in [0.29, 0.717) is 34.9 Å². The maximum atomic E-state index is 13.2. The normalized spacial score (nSPS) is 19.8. The number of methoxy groups -OCH3 is 1. The summed E-state index contributed by atoms with van der Waals surface area (Å²) in [7, 11) is 1.26. The number of fused-ring (bicyclic) bond motifs is 1. The van der Waals surface area contributed by atoms with Gasteiger partial charge < -0.3 is 15.2 Å². The zero-order chi connectivity index (χ0) is 29.6. The van der Waals surface area contributed by atoms with Gasteiger partial charge in [-0.2, -0.15) is 22.8 Å². The molecular weight excluding hydrogens is 542 g/mol. The third-order valence-corrected chi connectivity index (χ3v) is 8.42. The molecule has 9 nitrogen and oxygen atoms in total. The zero-order valence-corrected chi connectivity index (χ0v) is 24.4. The van der Waals surface area contributed by atoms with E-state index in [0.717, 1.165) is 19.3 Å². The minimum atomic E-state index is -1.29. The molecule has 10 heteroatoms. The molecule has 3 amide bonds. The van der Waals surface area contributed by atoms with Gasteiger partial charge in [-0.05, 0) is 56.0 Å². The van der Waals surface area contributed by atoms with Crippen molar-refractivity contribution < 1.29 is 29.0 Å². The van der Waals surface area contributed by atoms with Crippen molar-refractivity contribution in [3.63, 3.8) is 0 Å². The molecule has 3 atom stereocenters. The van der Waals surface area contributed by atoms with E-state index in [4.69, 9.17) is 4.74 Å². The molecule has 0 saturated heterocycles. The summed E-state index contributed by atoms with van der Waals surface area (Å²) in [5.74, 6) is -0.341. The average Bonchev–Trinajstić information content (AvgIpc) is 3.29. The monoisotopic (exact) mass is 580 g/mol. The Bertz CT molecular complexity index is 1320. The van der Waals surface area contributed by atoms with Gasteiger partial charge in [0.15, 0.2) is 5.69 Å². The molecule has 4 rings (SSSR count). The second-order valence-electron chi connectivity index (χ2n) is 10.9. The fraction of sp³-hybridized carbons (Fsp3) is 0.419. The van der Waals surface area contributed by atoms with Crippen LogP contribution in [0.5, 0.6) is 0 Å². The predicted octanol–water partition coefficient (Wildman–Crippen LogP) is 5.57. The lowest BCUT2D eigenvalue weighted by Gasteiger charge is -2.26. The smallest absolute Gasteiger partial charge is 0.465 e. The highest BCUT2D eigenvalue weighted by atomic mass is 32.1. The molecule has 0 bridgehead atoms. The van der Waals surface area contributed by atoms with E-state index in [9.17, 15) is 24.3 Å². The molecule has 0 spiro atoms. The highest BCUT2D eigenvalue weighted by Crippen LogP contribution is 2.41. The van der Waals surface area contributed by atoms with Crippen molar-refractivity contribution in [1.82, 2.24) is 15.3 Å². The van der Waals surface area contributed by atoms with Gasteiger partial charge in [-0.3, -0.25) is 9.59 Å². The number of hydrogen-bond donors (Lipinski definition) is 4. The molecule has 2 aliphatic rings. The highest BCUT2D eigenvalue weighted by molar-refractivity contribution is 7.80. The molecule has 1 aliphatic heterocycles. The second-order valence-corrected chi connectivity index (χ2v) is 11.3. The third-order valence-electron chi connectivity index (χ3n) is 7.98. The van der Waals surface area contributed by atoms with Crippen LogP contribution in [0.3, 0.4) is 0 Å². The number of hydrogen-bond acceptors (Lipinski definition) is 6. The van der Waals surface area contributed by atoms with Crippen LogP contribution >= 0.6 is 12.6 Å². The molecule has 2 aromatic rings. The summed E-state index contributed by atoms with van der Waals surface area (Å²) in [5, 5.41) is 13.5. The van der Waals surface area contributed by atoms with Crippen LogP contribution in [-0.2, 0) is 9.53 Å². The van der Waals surface area contributed by atoms with Crippen LogP contribution in [0.4, 0.5) is 10.5 Å². The molecule has 1 heterocycles. The zero-order valence-electron chi connectivity index (χ0n) is 23.5. The van der Waals surface area contributed by atoms with E-state index < -0.39 is 22.6 Å². The topological polar surface area (TPSA) is 122 Å². The molecule has 1 fully saturated rings. The Morgan fingerprint density at radius 2 is 1.68 bits per heavy atom. The second kappa shape index (κ2) is 13.4. The number of para-hydroxylation sites is 1. The van der Waals surface area contributed by atoms with E-state index >= 15 is 0 Å². The van der Waals surface area contributed by atoms with Gasteiger partial charge in [0.05, 0.1) is 12.7 Å². The Morgan fingerprint density at radius 1 is 1.02 bits per heavy atom. The summed E-state index contributed by atoms with van der Waals surface area (Å²) in [6.45, 7) is 1.90. The first kappa shape index (κ1) is 30.3. The first-order valence-corrected chi connectivity index (χ1v) is 14.7. The Kier molecular flexibility index (Phi) is 9.88. The van der Waals surface area contributed by atoms with Crippen molar-refractivity contribution in [1.29, 1.82) is 0 Å². The van der Waals surface area contributed by atoms with Gasteiger partial charge in [0.25, 0.3) is 5.91 Å². The van der Waals surface area contributed by atoms with Gasteiger partial charge in [0.1, 0.15) is 6.20 Å². The quantitative estimate of drug-likeness (QED) is 0.175. The highest BCUT2D eigenvalue weighted by Gasteiger charge is 2.48. The van der Waals surface area contributed by atoms with Crippen LogP contribution in [0.1, 0.15) is 78.1 Å². The number of carboxylic acid groups (broad SMARTS) is 1. The Morgan fingerprint density at radius 3 is 2.32 bits per heavy atom. The van der Waals surface area contributed by atoms with Crippen LogP contribution in [0.2, 0.25) is 0 Å². The van der Waals surface area contributed by atoms with E-state index in [2.05, 4.69) is 23.4 Å². The SMILES string of the molecule is COC(=O)c1ccc(C(=O)N[N+]2(C(=O)O)C=C(C[C@@H](C)NC(=O)C(CS)CC3CCCCC3)c3ccccc32)cc1. The van der Waals surface area contributed by atoms with Gasteiger partial charge in [-0.25, -0.2) is 4.79 Å². The lowest BCUT2D eigenvalue weighted by Crippen LogP contribution is -2.60. The largest absolute Gasteiger partial charge is 0.549 e. The van der Waals surface area contributed by atoms with Crippen molar-refractivity contribution >= 4 is 47.8 Å². The fourth-order valence-corrected chi connectivity index (χ4v) is 6.13. The van der Waals surface area contributed by atoms with Gasteiger partial charge in [-0.15, -0.1) is 0 Å². The standard InChI is InChI=1S/C31H37N3O6S/c1-20(32-28(35)25(19-41)17-21-8-4-3-5-9-21)16-24-18-34(31(38)39,27-11-7-6-10-26(24)27)33-29(36)22-12-14-23(15-13-22)30(37)40-2/h6-7,10-15,18,20-21,25H,3-5,8-9,16-17,19H2,1-2H3,(H3-,32,33,35,36,38,39,41)/p+1/t20-,25?,34?/m1/s1. The van der Waals surface area contributed by atoms with Crippen LogP contribution in [-0.4, -0.2) is 47.9 Å². The average molecular weight is 581 g/mol. The molecule has 218 valence electrons. The number of carbonyl (C=O) groups excluding carboxylic acids is 3. The summed E-state index contributed by atoms with van der Waals surface area (Å²) in [6, 6.07) is 12.5. The summed E-state index contributed by atoms with van der Waals surface area (Å²) >= 11 is 4.46. The number of amides is 3. The number of nitrogens with zero attached hydrogens (tertiary/aromatic N) is 1. The molecular formula is C31H38N3O6S+. The van der Waals surface area contributed by atoms with E-state index in [-0.39, 0.29) is 29.0 Å². The number of benzene rings is 2. The van der Waals surface area contributed by atoms with Crippen molar-refractivity contribution in [2.45, 2.75) is 57.9 Å². The van der Waals surface area contributed by atoms with Gasteiger partial charge in [0.2, 0.25) is 5.91 Å². The van der Waals surface area contributed by atoms with Crippen LogP contribution < -0.4 is 15.3 Å². The third kappa shape index (κ3) is 6.82. The number of esters is 1. The summed E-state index contributed by atoms with van der Waals surface area (Å²) in [4.78, 5) is 50.8. The molecule has 0 aromatic heterocycles. The fourth-order valence-electron chi connectivity index (χ4n) is 5.82. The number of quaternary nitrogens is 1. The summed E-state index contributed by atoms with van der Waals surface area (Å²) in [6.07, 6.45) is 7.45. The van der Waals surface area contributed by atoms with E-state index in [1.807, 2.05) is 19.1 Å².